The van der Waals surface area contributed by atoms with Crippen LogP contribution in [0.5, 0.6) is 5.75 Å². The van der Waals surface area contributed by atoms with E-state index in [2.05, 4.69) is 15.1 Å². The number of halogens is 1. The highest BCUT2D eigenvalue weighted by atomic mass is 35.5. The van der Waals surface area contributed by atoms with Gasteiger partial charge < -0.3 is 14.4 Å². The van der Waals surface area contributed by atoms with Crippen LogP contribution >= 0.6 is 11.6 Å². The molecule has 8 heteroatoms. The molecule has 0 unspecified atom stereocenters. The molecular formula is C25H20ClN3O4. The molecule has 166 valence electrons. The Morgan fingerprint density at radius 3 is 2.58 bits per heavy atom. The summed E-state index contributed by atoms with van der Waals surface area (Å²) in [6.07, 6.45) is 3.56. The number of hydrogen-bond acceptors (Lipinski definition) is 5. The number of carbonyl (C=O) groups is 2. The highest BCUT2D eigenvalue weighted by molar-refractivity contribution is 6.32. The second-order valence-electron chi connectivity index (χ2n) is 7.28. The smallest absolute Gasteiger partial charge is 0.337 e. The van der Waals surface area contributed by atoms with E-state index in [0.29, 0.717) is 12.1 Å². The minimum Gasteiger partial charge on any atom is -0.506 e. The molecule has 0 saturated carbocycles. The minimum absolute atomic E-state index is 0.0904. The molecule has 0 fully saturated rings. The molecule has 1 heterocycles. The average molecular weight is 462 g/mol. The first-order valence-electron chi connectivity index (χ1n) is 10.0. The first kappa shape index (κ1) is 22.1. The van der Waals surface area contributed by atoms with Gasteiger partial charge in [0.15, 0.2) is 0 Å². The lowest BCUT2D eigenvalue weighted by atomic mass is 10.1. The fourth-order valence-corrected chi connectivity index (χ4v) is 3.61. The van der Waals surface area contributed by atoms with Crippen molar-refractivity contribution in [1.29, 1.82) is 0 Å². The number of amides is 1. The van der Waals surface area contributed by atoms with Gasteiger partial charge in [0.2, 0.25) is 0 Å². The molecule has 0 aliphatic carbocycles. The lowest BCUT2D eigenvalue weighted by Gasteiger charge is -2.07. The first-order valence-corrected chi connectivity index (χ1v) is 10.4. The molecular weight excluding hydrogens is 442 g/mol. The number of nitrogens with one attached hydrogen (secondary N) is 1. The normalized spacial score (nSPS) is 11.1. The van der Waals surface area contributed by atoms with Gasteiger partial charge in [0.05, 0.1) is 23.9 Å². The number of aromatic nitrogens is 1. The number of fused-ring (bicyclic) bond motifs is 1. The molecule has 4 rings (SSSR count). The predicted molar refractivity (Wildman–Crippen MR) is 127 cm³/mol. The molecule has 3 aromatic carbocycles. The van der Waals surface area contributed by atoms with Crippen LogP contribution in [-0.2, 0) is 11.3 Å². The summed E-state index contributed by atoms with van der Waals surface area (Å²) in [6.45, 7) is 0.629. The van der Waals surface area contributed by atoms with Gasteiger partial charge in [0.1, 0.15) is 5.75 Å². The molecule has 0 spiro atoms. The molecule has 1 aromatic heterocycles. The van der Waals surface area contributed by atoms with Crippen molar-refractivity contribution in [2.45, 2.75) is 6.54 Å². The Hall–Kier alpha value is -4.10. The second-order valence-corrected chi connectivity index (χ2v) is 7.68. The Morgan fingerprint density at radius 2 is 1.85 bits per heavy atom. The molecule has 4 aromatic rings. The highest BCUT2D eigenvalue weighted by Crippen LogP contribution is 2.24. The van der Waals surface area contributed by atoms with Crippen LogP contribution < -0.4 is 5.43 Å². The average Bonchev–Trinajstić information content (AvgIpc) is 3.24. The number of hydrogen-bond donors (Lipinski definition) is 2. The number of aromatic hydroxyl groups is 1. The topological polar surface area (TPSA) is 92.9 Å². The summed E-state index contributed by atoms with van der Waals surface area (Å²) in [7, 11) is 1.36. The maximum atomic E-state index is 12.3. The van der Waals surface area contributed by atoms with Crippen molar-refractivity contribution in [3.8, 4) is 5.75 Å². The number of ether oxygens (including phenoxy) is 1. The largest absolute Gasteiger partial charge is 0.506 e. The van der Waals surface area contributed by atoms with E-state index < -0.39 is 5.91 Å². The third kappa shape index (κ3) is 4.88. The molecule has 2 N–H and O–H groups in total. The molecule has 7 nitrogen and oxygen atoms in total. The summed E-state index contributed by atoms with van der Waals surface area (Å²) in [6, 6.07) is 19.3. The van der Waals surface area contributed by atoms with E-state index in [1.165, 1.54) is 25.3 Å². The number of methoxy groups -OCH3 is 1. The van der Waals surface area contributed by atoms with E-state index in [4.69, 9.17) is 16.3 Å². The molecule has 0 aliphatic rings. The van der Waals surface area contributed by atoms with Crippen LogP contribution in [0.2, 0.25) is 5.02 Å². The van der Waals surface area contributed by atoms with Crippen LogP contribution in [-0.4, -0.2) is 34.9 Å². The summed E-state index contributed by atoms with van der Waals surface area (Å²) in [5.74, 6) is -0.891. The number of nitrogens with zero attached hydrogens (tertiary/aromatic N) is 2. The minimum atomic E-state index is -0.437. The van der Waals surface area contributed by atoms with Crippen molar-refractivity contribution in [2.75, 3.05) is 7.11 Å². The quantitative estimate of drug-likeness (QED) is 0.249. The van der Waals surface area contributed by atoms with E-state index in [1.807, 2.05) is 42.6 Å². The van der Waals surface area contributed by atoms with Gasteiger partial charge in [-0.3, -0.25) is 4.79 Å². The van der Waals surface area contributed by atoms with Crippen LogP contribution in [0.15, 0.2) is 78.0 Å². The van der Waals surface area contributed by atoms with Crippen molar-refractivity contribution >= 4 is 40.6 Å². The van der Waals surface area contributed by atoms with E-state index in [0.717, 1.165) is 22.0 Å². The van der Waals surface area contributed by atoms with E-state index in [9.17, 15) is 14.7 Å². The zero-order chi connectivity index (χ0) is 23.4. The molecule has 0 atom stereocenters. The zero-order valence-corrected chi connectivity index (χ0v) is 18.4. The Kier molecular flexibility index (Phi) is 6.42. The van der Waals surface area contributed by atoms with Crippen LogP contribution in [0.3, 0.4) is 0 Å². The maximum Gasteiger partial charge on any atom is 0.337 e. The van der Waals surface area contributed by atoms with Gasteiger partial charge in [0.25, 0.3) is 5.91 Å². The third-order valence-corrected chi connectivity index (χ3v) is 5.46. The lowest BCUT2D eigenvalue weighted by molar-refractivity contribution is 0.0600. The van der Waals surface area contributed by atoms with Crippen LogP contribution in [0.1, 0.15) is 31.8 Å². The summed E-state index contributed by atoms with van der Waals surface area (Å²) < 4.78 is 6.83. The van der Waals surface area contributed by atoms with Gasteiger partial charge in [0, 0.05) is 34.8 Å². The summed E-state index contributed by atoms with van der Waals surface area (Å²) >= 11 is 5.85. The SMILES string of the molecule is COC(=O)c1ccc(Cn2ccc3c(/C=N/NC(=O)c4ccc(O)c(Cl)c4)cccc32)cc1. The Labute approximate surface area is 194 Å². The molecule has 0 aliphatic heterocycles. The molecule has 33 heavy (non-hydrogen) atoms. The van der Waals surface area contributed by atoms with Gasteiger partial charge in [-0.25, -0.2) is 10.2 Å². The van der Waals surface area contributed by atoms with E-state index in [-0.39, 0.29) is 22.3 Å². The van der Waals surface area contributed by atoms with Crippen molar-refractivity contribution < 1.29 is 19.4 Å². The fourth-order valence-electron chi connectivity index (χ4n) is 3.43. The Morgan fingerprint density at radius 1 is 1.09 bits per heavy atom. The Balaban J connectivity index is 1.49. The van der Waals surface area contributed by atoms with Gasteiger partial charge in [-0.05, 0) is 48.0 Å². The van der Waals surface area contributed by atoms with Gasteiger partial charge in [-0.15, -0.1) is 0 Å². The highest BCUT2D eigenvalue weighted by Gasteiger charge is 2.09. The molecule has 0 bridgehead atoms. The van der Waals surface area contributed by atoms with Crippen LogP contribution in [0, 0.1) is 0 Å². The van der Waals surface area contributed by atoms with Crippen LogP contribution in [0.25, 0.3) is 10.9 Å². The van der Waals surface area contributed by atoms with Crippen molar-refractivity contribution in [1.82, 2.24) is 9.99 Å². The molecule has 1 amide bonds. The van der Waals surface area contributed by atoms with E-state index in [1.54, 1.807) is 18.3 Å². The van der Waals surface area contributed by atoms with Gasteiger partial charge in [-0.2, -0.15) is 5.10 Å². The third-order valence-electron chi connectivity index (χ3n) is 5.15. The predicted octanol–water partition coefficient (Wildman–Crippen LogP) is 4.60. The van der Waals surface area contributed by atoms with Gasteiger partial charge in [-0.1, -0.05) is 35.9 Å². The number of hydrazone groups is 1. The number of benzene rings is 3. The number of rotatable bonds is 6. The lowest BCUT2D eigenvalue weighted by Crippen LogP contribution is -2.17. The zero-order valence-electron chi connectivity index (χ0n) is 17.7. The van der Waals surface area contributed by atoms with Crippen LogP contribution in [0.4, 0.5) is 0 Å². The number of phenols is 1. The Bertz CT molecular complexity index is 1360. The van der Waals surface area contributed by atoms with Gasteiger partial charge >= 0.3 is 5.97 Å². The fraction of sp³-hybridized carbons (Fsp3) is 0.0800. The standard InChI is InChI=1S/C25H20ClN3O4/c1-33-25(32)17-7-5-16(6-8-17)15-29-12-11-20-19(3-2-4-22(20)29)14-27-28-24(31)18-9-10-23(30)21(26)13-18/h2-14,30H,15H2,1H3,(H,28,31)/b27-14+. The van der Waals surface area contributed by atoms with Crippen molar-refractivity contribution in [2.24, 2.45) is 5.10 Å². The summed E-state index contributed by atoms with van der Waals surface area (Å²) in [5.41, 5.74) is 6.16. The maximum absolute atomic E-state index is 12.3. The number of esters is 1. The van der Waals surface area contributed by atoms with E-state index >= 15 is 0 Å². The van der Waals surface area contributed by atoms with Crippen molar-refractivity contribution in [3.05, 3.63) is 100 Å². The summed E-state index contributed by atoms with van der Waals surface area (Å²) in [5, 5.41) is 14.6. The molecule has 0 radical (unpaired) electrons. The van der Waals surface area contributed by atoms with Crippen molar-refractivity contribution in [3.63, 3.8) is 0 Å². The number of carbonyl (C=O) groups excluding carboxylic acids is 2. The summed E-state index contributed by atoms with van der Waals surface area (Å²) in [4.78, 5) is 23.9. The first-order chi connectivity index (χ1) is 16.0. The monoisotopic (exact) mass is 461 g/mol. The second kappa shape index (κ2) is 9.58. The molecule has 0 saturated heterocycles. The number of phenolic OH excluding ortho intramolecular Hbond substituents is 1.